The zero-order valence-corrected chi connectivity index (χ0v) is 9.74. The number of carbonyl (C=O) groups is 1. The van der Waals surface area contributed by atoms with Gasteiger partial charge in [0.25, 0.3) is 0 Å². The van der Waals surface area contributed by atoms with Gasteiger partial charge in [0.2, 0.25) is 0 Å². The Balaban J connectivity index is 1.73. The van der Waals surface area contributed by atoms with E-state index in [0.717, 1.165) is 32.1 Å². The lowest BCUT2D eigenvalue weighted by Gasteiger charge is -2.21. The van der Waals surface area contributed by atoms with Crippen molar-refractivity contribution in [2.24, 2.45) is 5.92 Å². The van der Waals surface area contributed by atoms with Gasteiger partial charge in [-0.25, -0.2) is 4.79 Å². The first-order valence-electron chi connectivity index (χ1n) is 6.47. The molecule has 92 valence electrons. The van der Waals surface area contributed by atoms with E-state index in [4.69, 9.17) is 5.11 Å². The van der Waals surface area contributed by atoms with Crippen LogP contribution in [-0.2, 0) is 0 Å². The van der Waals surface area contributed by atoms with E-state index >= 15 is 0 Å². The molecule has 2 saturated carbocycles. The lowest BCUT2D eigenvalue weighted by atomic mass is 10.1. The fourth-order valence-electron chi connectivity index (χ4n) is 2.91. The Hall–Kier alpha value is -0.770. The van der Waals surface area contributed by atoms with E-state index in [-0.39, 0.29) is 24.6 Å². The van der Waals surface area contributed by atoms with Crippen molar-refractivity contribution >= 4 is 6.03 Å². The minimum Gasteiger partial charge on any atom is -0.396 e. The second-order valence-corrected chi connectivity index (χ2v) is 5.08. The third-order valence-corrected chi connectivity index (χ3v) is 3.90. The van der Waals surface area contributed by atoms with E-state index in [2.05, 4.69) is 10.6 Å². The number of aliphatic hydroxyl groups is 1. The third-order valence-electron chi connectivity index (χ3n) is 3.90. The molecule has 2 aliphatic rings. The standard InChI is InChI=1S/C12H22N2O2/c15-8-9-4-3-7-11(9)14-12(16)13-10-5-1-2-6-10/h9-11,15H,1-8H2,(H2,13,14,16). The molecule has 16 heavy (non-hydrogen) atoms. The Morgan fingerprint density at radius 1 is 1.06 bits per heavy atom. The topological polar surface area (TPSA) is 61.4 Å². The van der Waals surface area contributed by atoms with Gasteiger partial charge in [0, 0.05) is 24.6 Å². The second kappa shape index (κ2) is 5.53. The molecule has 2 fully saturated rings. The maximum Gasteiger partial charge on any atom is 0.315 e. The largest absolute Gasteiger partial charge is 0.396 e. The van der Waals surface area contributed by atoms with E-state index in [1.54, 1.807) is 0 Å². The van der Waals surface area contributed by atoms with Gasteiger partial charge < -0.3 is 15.7 Å². The highest BCUT2D eigenvalue weighted by Crippen LogP contribution is 2.25. The van der Waals surface area contributed by atoms with Crippen LogP contribution in [0.2, 0.25) is 0 Å². The highest BCUT2D eigenvalue weighted by molar-refractivity contribution is 5.74. The van der Waals surface area contributed by atoms with Crippen molar-refractivity contribution in [3.8, 4) is 0 Å². The van der Waals surface area contributed by atoms with Crippen molar-refractivity contribution in [2.45, 2.75) is 57.0 Å². The number of rotatable bonds is 3. The average Bonchev–Trinajstić information content (AvgIpc) is 2.88. The summed E-state index contributed by atoms with van der Waals surface area (Å²) in [5.41, 5.74) is 0. The minimum atomic E-state index is -0.0442. The van der Waals surface area contributed by atoms with Crippen LogP contribution < -0.4 is 10.6 Å². The smallest absolute Gasteiger partial charge is 0.315 e. The van der Waals surface area contributed by atoms with Gasteiger partial charge in [-0.15, -0.1) is 0 Å². The highest BCUT2D eigenvalue weighted by Gasteiger charge is 2.28. The van der Waals surface area contributed by atoms with Crippen molar-refractivity contribution < 1.29 is 9.90 Å². The van der Waals surface area contributed by atoms with Crippen molar-refractivity contribution in [1.29, 1.82) is 0 Å². The number of nitrogens with one attached hydrogen (secondary N) is 2. The zero-order valence-electron chi connectivity index (χ0n) is 9.74. The van der Waals surface area contributed by atoms with Gasteiger partial charge in [-0.3, -0.25) is 0 Å². The molecule has 2 atom stereocenters. The van der Waals surface area contributed by atoms with E-state index in [1.165, 1.54) is 12.8 Å². The first-order valence-corrected chi connectivity index (χ1v) is 6.47. The summed E-state index contributed by atoms with van der Waals surface area (Å²) in [5, 5.41) is 15.2. The summed E-state index contributed by atoms with van der Waals surface area (Å²) in [7, 11) is 0. The van der Waals surface area contributed by atoms with Gasteiger partial charge in [-0.1, -0.05) is 19.3 Å². The fraction of sp³-hybridized carbons (Fsp3) is 0.917. The van der Waals surface area contributed by atoms with Gasteiger partial charge in [0.1, 0.15) is 0 Å². The van der Waals surface area contributed by atoms with Crippen molar-refractivity contribution in [3.63, 3.8) is 0 Å². The maximum atomic E-state index is 11.7. The lowest BCUT2D eigenvalue weighted by molar-refractivity contribution is 0.198. The minimum absolute atomic E-state index is 0.0442. The summed E-state index contributed by atoms with van der Waals surface area (Å²) in [6.07, 6.45) is 7.83. The summed E-state index contributed by atoms with van der Waals surface area (Å²) in [6.45, 7) is 0.189. The summed E-state index contributed by atoms with van der Waals surface area (Å²) in [5.74, 6) is 0.259. The molecule has 0 aromatic heterocycles. The first-order chi connectivity index (χ1) is 7.79. The van der Waals surface area contributed by atoms with Crippen LogP contribution in [0.5, 0.6) is 0 Å². The quantitative estimate of drug-likeness (QED) is 0.681. The Morgan fingerprint density at radius 2 is 1.81 bits per heavy atom. The number of aliphatic hydroxyl groups excluding tert-OH is 1. The molecule has 3 N–H and O–H groups in total. The van der Waals surface area contributed by atoms with Gasteiger partial charge in [0.05, 0.1) is 0 Å². The Bertz CT molecular complexity index is 239. The molecule has 0 spiro atoms. The molecular weight excluding hydrogens is 204 g/mol. The molecule has 0 bridgehead atoms. The van der Waals surface area contributed by atoms with E-state index < -0.39 is 0 Å². The van der Waals surface area contributed by atoms with Gasteiger partial charge >= 0.3 is 6.03 Å². The van der Waals surface area contributed by atoms with Crippen LogP contribution in [0.1, 0.15) is 44.9 Å². The molecule has 0 heterocycles. The summed E-state index contributed by atoms with van der Waals surface area (Å²) < 4.78 is 0. The van der Waals surface area contributed by atoms with E-state index in [9.17, 15) is 4.79 Å². The molecule has 0 aromatic carbocycles. The zero-order chi connectivity index (χ0) is 11.4. The fourth-order valence-corrected chi connectivity index (χ4v) is 2.91. The second-order valence-electron chi connectivity index (χ2n) is 5.08. The third kappa shape index (κ3) is 2.88. The molecule has 4 nitrogen and oxygen atoms in total. The van der Waals surface area contributed by atoms with Gasteiger partial charge in [-0.2, -0.15) is 0 Å². The summed E-state index contributed by atoms with van der Waals surface area (Å²) in [4.78, 5) is 11.7. The summed E-state index contributed by atoms with van der Waals surface area (Å²) >= 11 is 0. The number of amides is 2. The predicted molar refractivity (Wildman–Crippen MR) is 62.1 cm³/mol. The molecule has 2 aliphatic carbocycles. The number of urea groups is 1. The molecule has 4 heteroatoms. The Kier molecular flexibility index (Phi) is 4.04. The highest BCUT2D eigenvalue weighted by atomic mass is 16.3. The van der Waals surface area contributed by atoms with Crippen LogP contribution >= 0.6 is 0 Å². The normalized spacial score (nSPS) is 30.6. The number of carbonyl (C=O) groups excluding carboxylic acids is 1. The van der Waals surface area contributed by atoms with E-state index in [1.807, 2.05) is 0 Å². The molecule has 0 aliphatic heterocycles. The lowest BCUT2D eigenvalue weighted by Crippen LogP contribution is -2.47. The van der Waals surface area contributed by atoms with Crippen LogP contribution in [0.15, 0.2) is 0 Å². The van der Waals surface area contributed by atoms with Crippen LogP contribution in [0.4, 0.5) is 4.79 Å². The van der Waals surface area contributed by atoms with Crippen molar-refractivity contribution in [2.75, 3.05) is 6.61 Å². The Morgan fingerprint density at radius 3 is 2.50 bits per heavy atom. The molecule has 2 amide bonds. The molecule has 0 aromatic rings. The van der Waals surface area contributed by atoms with Crippen LogP contribution in [-0.4, -0.2) is 29.8 Å². The SMILES string of the molecule is O=C(NC1CCCC1)NC1CCCC1CO. The van der Waals surface area contributed by atoms with Crippen molar-refractivity contribution in [3.05, 3.63) is 0 Å². The number of hydrogen-bond donors (Lipinski definition) is 3. The predicted octanol–water partition coefficient (Wildman–Crippen LogP) is 1.39. The molecule has 2 unspecified atom stereocenters. The van der Waals surface area contributed by atoms with Crippen molar-refractivity contribution in [1.82, 2.24) is 10.6 Å². The van der Waals surface area contributed by atoms with Crippen LogP contribution in [0.25, 0.3) is 0 Å². The first kappa shape index (κ1) is 11.7. The Labute approximate surface area is 96.8 Å². The maximum absolute atomic E-state index is 11.7. The van der Waals surface area contributed by atoms with Crippen LogP contribution in [0.3, 0.4) is 0 Å². The molecule has 2 rings (SSSR count). The summed E-state index contributed by atoms with van der Waals surface area (Å²) in [6, 6.07) is 0.498. The van der Waals surface area contributed by atoms with Crippen LogP contribution in [0, 0.1) is 5.92 Å². The van der Waals surface area contributed by atoms with Gasteiger partial charge in [0.15, 0.2) is 0 Å². The molecule has 0 saturated heterocycles. The molecular formula is C12H22N2O2. The van der Waals surface area contributed by atoms with Gasteiger partial charge in [-0.05, 0) is 25.7 Å². The average molecular weight is 226 g/mol. The number of hydrogen-bond acceptors (Lipinski definition) is 2. The monoisotopic (exact) mass is 226 g/mol. The van der Waals surface area contributed by atoms with E-state index in [0.29, 0.717) is 6.04 Å². The molecule has 0 radical (unpaired) electrons.